The van der Waals surface area contributed by atoms with E-state index in [0.717, 1.165) is 12.3 Å². The van der Waals surface area contributed by atoms with Gasteiger partial charge in [0.15, 0.2) is 0 Å². The largest absolute Gasteiger partial charge is 0.325 e. The van der Waals surface area contributed by atoms with Gasteiger partial charge in [-0.15, -0.1) is 0 Å². The van der Waals surface area contributed by atoms with Crippen molar-refractivity contribution in [2.75, 3.05) is 0 Å². The van der Waals surface area contributed by atoms with E-state index >= 15 is 0 Å². The minimum atomic E-state index is 0.0394. The Morgan fingerprint density at radius 3 is 2.58 bits per heavy atom. The van der Waals surface area contributed by atoms with Crippen LogP contribution in [0.5, 0.6) is 0 Å². The number of hydrogen-bond acceptors (Lipinski definition) is 1. The van der Waals surface area contributed by atoms with Crippen molar-refractivity contribution >= 4 is 0 Å². The van der Waals surface area contributed by atoms with Gasteiger partial charge in [-0.05, 0) is 44.1 Å². The summed E-state index contributed by atoms with van der Waals surface area (Å²) >= 11 is 0. The predicted molar refractivity (Wildman–Crippen MR) is 83.3 cm³/mol. The maximum absolute atomic E-state index is 6.69. The summed E-state index contributed by atoms with van der Waals surface area (Å²) in [6.45, 7) is 4.44. The van der Waals surface area contributed by atoms with Gasteiger partial charge in [-0.3, -0.25) is 0 Å². The number of nitrogens with two attached hydrogens (primary N) is 1. The Morgan fingerprint density at radius 2 is 1.89 bits per heavy atom. The molecule has 19 heavy (non-hydrogen) atoms. The summed E-state index contributed by atoms with van der Waals surface area (Å²) in [6.07, 6.45) is 10.2. The molecule has 0 radical (unpaired) electrons. The Hall–Kier alpha value is -0.820. The molecule has 1 heteroatoms. The first kappa shape index (κ1) is 14.6. The Balaban J connectivity index is 1.96. The van der Waals surface area contributed by atoms with Crippen molar-refractivity contribution in [2.45, 2.75) is 70.8 Å². The van der Waals surface area contributed by atoms with Crippen molar-refractivity contribution in [1.29, 1.82) is 0 Å². The third-order valence-electron chi connectivity index (χ3n) is 4.71. The molecule has 1 aromatic carbocycles. The van der Waals surface area contributed by atoms with E-state index in [0.29, 0.717) is 0 Å². The van der Waals surface area contributed by atoms with Crippen LogP contribution in [0.3, 0.4) is 0 Å². The van der Waals surface area contributed by atoms with Gasteiger partial charge in [0.2, 0.25) is 0 Å². The van der Waals surface area contributed by atoms with Gasteiger partial charge in [0.05, 0.1) is 0 Å². The summed E-state index contributed by atoms with van der Waals surface area (Å²) < 4.78 is 0. The topological polar surface area (TPSA) is 26.0 Å². The lowest BCUT2D eigenvalue weighted by molar-refractivity contribution is 0.355. The van der Waals surface area contributed by atoms with E-state index in [1.165, 1.54) is 56.1 Å². The quantitative estimate of drug-likeness (QED) is 0.785. The molecule has 0 aromatic heterocycles. The zero-order valence-electron chi connectivity index (χ0n) is 12.6. The monoisotopic (exact) mass is 259 g/mol. The maximum atomic E-state index is 6.69. The van der Waals surface area contributed by atoms with Gasteiger partial charge in [-0.25, -0.2) is 0 Å². The minimum Gasteiger partial charge on any atom is -0.325 e. The summed E-state index contributed by atoms with van der Waals surface area (Å²) in [5.41, 5.74) is 9.46. The molecule has 1 aliphatic rings. The molecule has 0 spiro atoms. The van der Waals surface area contributed by atoms with E-state index in [1.807, 2.05) is 0 Å². The molecule has 0 heterocycles. The van der Waals surface area contributed by atoms with Crippen LogP contribution in [0.1, 0.15) is 63.0 Å². The Labute approximate surface area is 118 Å². The molecule has 0 aliphatic heterocycles. The van der Waals surface area contributed by atoms with Crippen LogP contribution in [0.25, 0.3) is 0 Å². The average Bonchev–Trinajstić information content (AvgIpc) is 2.56. The molecule has 0 bridgehead atoms. The van der Waals surface area contributed by atoms with Crippen molar-refractivity contribution < 1.29 is 0 Å². The molecule has 2 atom stereocenters. The van der Waals surface area contributed by atoms with E-state index in [2.05, 4.69) is 38.1 Å². The summed E-state index contributed by atoms with van der Waals surface area (Å²) in [5.74, 6) is 0.924. The Bertz CT molecular complexity index is 381. The van der Waals surface area contributed by atoms with E-state index in [4.69, 9.17) is 5.73 Å². The zero-order valence-corrected chi connectivity index (χ0v) is 12.6. The second kappa shape index (κ2) is 6.56. The fourth-order valence-electron chi connectivity index (χ4n) is 3.49. The van der Waals surface area contributed by atoms with Crippen LogP contribution < -0.4 is 5.73 Å². The molecule has 2 N–H and O–H groups in total. The first-order valence-corrected chi connectivity index (χ1v) is 7.96. The van der Waals surface area contributed by atoms with Crippen molar-refractivity contribution in [2.24, 2.45) is 11.7 Å². The van der Waals surface area contributed by atoms with Crippen LogP contribution in [0.15, 0.2) is 24.3 Å². The smallest absolute Gasteiger partial charge is 0.0195 e. The lowest BCUT2D eigenvalue weighted by atomic mass is 9.84. The molecule has 0 amide bonds. The van der Waals surface area contributed by atoms with Crippen LogP contribution in [0.2, 0.25) is 0 Å². The molecule has 1 saturated carbocycles. The highest BCUT2D eigenvalue weighted by Crippen LogP contribution is 2.33. The molecule has 106 valence electrons. The minimum absolute atomic E-state index is 0.0394. The van der Waals surface area contributed by atoms with E-state index in [9.17, 15) is 0 Å². The van der Waals surface area contributed by atoms with Crippen LogP contribution in [0, 0.1) is 12.8 Å². The van der Waals surface area contributed by atoms with Crippen molar-refractivity contribution in [1.82, 2.24) is 0 Å². The second-order valence-corrected chi connectivity index (χ2v) is 6.61. The number of aryl methyl sites for hydroxylation is 1. The first-order chi connectivity index (χ1) is 9.11. The zero-order chi connectivity index (χ0) is 13.7. The fourth-order valence-corrected chi connectivity index (χ4v) is 3.49. The van der Waals surface area contributed by atoms with E-state index in [-0.39, 0.29) is 5.54 Å². The highest BCUT2D eigenvalue weighted by Gasteiger charge is 2.29. The molecule has 1 aliphatic carbocycles. The van der Waals surface area contributed by atoms with Gasteiger partial charge >= 0.3 is 0 Å². The highest BCUT2D eigenvalue weighted by atomic mass is 14.7. The van der Waals surface area contributed by atoms with Gasteiger partial charge in [0.1, 0.15) is 0 Å². The van der Waals surface area contributed by atoms with Gasteiger partial charge in [0.25, 0.3) is 0 Å². The molecule has 1 nitrogen and oxygen atoms in total. The SMILES string of the molecule is CCCC1CCCC(N)(Cc2ccc(C)cc2)CC1. The second-order valence-electron chi connectivity index (χ2n) is 6.61. The fraction of sp³-hybridized carbons (Fsp3) is 0.667. The predicted octanol–water partition coefficient (Wildman–Crippen LogP) is 4.62. The lowest BCUT2D eigenvalue weighted by Gasteiger charge is -2.28. The van der Waals surface area contributed by atoms with Gasteiger partial charge in [-0.1, -0.05) is 62.4 Å². The Morgan fingerprint density at radius 1 is 1.16 bits per heavy atom. The molecule has 2 unspecified atom stereocenters. The van der Waals surface area contributed by atoms with E-state index in [1.54, 1.807) is 0 Å². The maximum Gasteiger partial charge on any atom is 0.0195 e. The van der Waals surface area contributed by atoms with Crippen molar-refractivity contribution in [3.63, 3.8) is 0 Å². The van der Waals surface area contributed by atoms with Crippen LogP contribution in [-0.2, 0) is 6.42 Å². The van der Waals surface area contributed by atoms with Crippen molar-refractivity contribution in [3.8, 4) is 0 Å². The normalized spacial score (nSPS) is 28.1. The summed E-state index contributed by atoms with van der Waals surface area (Å²) in [5, 5.41) is 0. The van der Waals surface area contributed by atoms with Gasteiger partial charge < -0.3 is 5.73 Å². The van der Waals surface area contributed by atoms with Gasteiger partial charge in [0, 0.05) is 5.54 Å². The van der Waals surface area contributed by atoms with Crippen LogP contribution >= 0.6 is 0 Å². The Kier molecular flexibility index (Phi) is 5.04. The summed E-state index contributed by atoms with van der Waals surface area (Å²) in [7, 11) is 0. The molecule has 0 saturated heterocycles. The van der Waals surface area contributed by atoms with E-state index < -0.39 is 0 Å². The summed E-state index contributed by atoms with van der Waals surface area (Å²) in [4.78, 5) is 0. The number of benzene rings is 1. The first-order valence-electron chi connectivity index (χ1n) is 7.96. The number of hydrogen-bond donors (Lipinski definition) is 1. The van der Waals surface area contributed by atoms with Gasteiger partial charge in [-0.2, -0.15) is 0 Å². The summed E-state index contributed by atoms with van der Waals surface area (Å²) in [6, 6.07) is 8.90. The molecular formula is C18H29N. The third kappa shape index (κ3) is 4.35. The molecule has 1 fully saturated rings. The van der Waals surface area contributed by atoms with Crippen LogP contribution in [0.4, 0.5) is 0 Å². The number of rotatable bonds is 4. The molecular weight excluding hydrogens is 230 g/mol. The third-order valence-corrected chi connectivity index (χ3v) is 4.71. The average molecular weight is 259 g/mol. The highest BCUT2D eigenvalue weighted by molar-refractivity contribution is 5.23. The molecule has 1 aromatic rings. The lowest BCUT2D eigenvalue weighted by Crippen LogP contribution is -2.41. The standard InChI is InChI=1S/C18H29N/c1-3-5-16-6-4-12-18(19,13-11-16)14-17-9-7-15(2)8-10-17/h7-10,16H,3-6,11-14,19H2,1-2H3. The van der Waals surface area contributed by atoms with Crippen LogP contribution in [-0.4, -0.2) is 5.54 Å². The molecule has 2 rings (SSSR count). The van der Waals surface area contributed by atoms with Crippen molar-refractivity contribution in [3.05, 3.63) is 35.4 Å².